The van der Waals surface area contributed by atoms with E-state index in [9.17, 15) is 13.2 Å². The summed E-state index contributed by atoms with van der Waals surface area (Å²) < 4.78 is 53.6. The summed E-state index contributed by atoms with van der Waals surface area (Å²) in [5, 5.41) is 0. The van der Waals surface area contributed by atoms with Crippen LogP contribution in [0.25, 0.3) is 0 Å². The lowest BCUT2D eigenvalue weighted by Crippen LogP contribution is -2.35. The Morgan fingerprint density at radius 3 is 2.69 bits per heavy atom. The van der Waals surface area contributed by atoms with Gasteiger partial charge >= 0.3 is 6.09 Å². The number of ether oxygens (including phenoxy) is 5. The van der Waals surface area contributed by atoms with E-state index in [1.165, 1.54) is 0 Å². The molecule has 1 unspecified atom stereocenters. The normalized spacial score (nSPS) is 18.4. The molecule has 0 radical (unpaired) electrons. The van der Waals surface area contributed by atoms with Crippen LogP contribution in [-0.4, -0.2) is 64.4 Å². The summed E-state index contributed by atoms with van der Waals surface area (Å²) in [5.74, 6) is 0.165. The Balaban J connectivity index is 1.06. The molecule has 2 aliphatic rings. The second kappa shape index (κ2) is 13.0. The first kappa shape index (κ1) is 29.1. The molecule has 0 bridgehead atoms. The van der Waals surface area contributed by atoms with Crippen molar-refractivity contribution in [2.75, 3.05) is 43.9 Å². The molecule has 214 valence electrons. The highest BCUT2D eigenvalue weighted by Gasteiger charge is 2.33. The molecule has 4 rings (SSSR count). The first-order valence-electron chi connectivity index (χ1n) is 13.2. The van der Waals surface area contributed by atoms with Gasteiger partial charge in [0.05, 0.1) is 39.2 Å². The summed E-state index contributed by atoms with van der Waals surface area (Å²) in [6, 6.07) is 13.0. The molecule has 1 fully saturated rings. The van der Waals surface area contributed by atoms with E-state index >= 15 is 0 Å². The van der Waals surface area contributed by atoms with Crippen LogP contribution in [0.2, 0.25) is 0 Å². The number of sulfonamides is 1. The standard InChI is InChI=1S/C28H38N2O8S/c1-28(2)36-20-23-17-22(10-11-25(23)38-28)26-18-30(27(31)37-26)12-5-4-6-13-34-14-15-35-19-21-8-7-9-24(16-21)29-39(3,32)33/h7-11,16-17,26,29H,4-6,12-15,18-20H2,1-3H3. The topological polar surface area (TPSA) is 113 Å². The molecule has 2 aromatic rings. The van der Waals surface area contributed by atoms with Gasteiger partial charge in [0.25, 0.3) is 0 Å². The van der Waals surface area contributed by atoms with Gasteiger partial charge in [-0.25, -0.2) is 13.2 Å². The van der Waals surface area contributed by atoms with Crippen LogP contribution < -0.4 is 9.46 Å². The van der Waals surface area contributed by atoms with Crippen molar-refractivity contribution in [3.05, 3.63) is 59.2 Å². The van der Waals surface area contributed by atoms with E-state index in [4.69, 9.17) is 23.7 Å². The molecular weight excluding hydrogens is 524 g/mol. The monoisotopic (exact) mass is 562 g/mol. The van der Waals surface area contributed by atoms with Gasteiger partial charge in [0, 0.05) is 38.2 Å². The first-order valence-corrected chi connectivity index (χ1v) is 15.1. The lowest BCUT2D eigenvalue weighted by molar-refractivity contribution is -0.180. The summed E-state index contributed by atoms with van der Waals surface area (Å²) in [6.45, 7) is 7.35. The van der Waals surface area contributed by atoms with Crippen molar-refractivity contribution in [3.63, 3.8) is 0 Å². The van der Waals surface area contributed by atoms with Crippen LogP contribution in [0.4, 0.5) is 10.5 Å². The zero-order valence-corrected chi connectivity index (χ0v) is 23.6. The van der Waals surface area contributed by atoms with Crippen molar-refractivity contribution in [1.82, 2.24) is 4.90 Å². The van der Waals surface area contributed by atoms with E-state index < -0.39 is 15.8 Å². The van der Waals surface area contributed by atoms with Gasteiger partial charge in [-0.1, -0.05) is 18.2 Å². The number of cyclic esters (lactones) is 1. The van der Waals surface area contributed by atoms with Crippen LogP contribution >= 0.6 is 0 Å². The SMILES string of the molecule is CC1(C)OCc2cc(C3CN(CCCCCOCCOCc4cccc(NS(C)(=O)=O)c4)C(=O)O3)ccc2O1. The van der Waals surface area contributed by atoms with Gasteiger partial charge in [-0.2, -0.15) is 0 Å². The molecule has 1 atom stereocenters. The molecule has 1 amide bonds. The number of benzene rings is 2. The summed E-state index contributed by atoms with van der Waals surface area (Å²) in [5.41, 5.74) is 3.30. The minimum atomic E-state index is -3.31. The van der Waals surface area contributed by atoms with Gasteiger partial charge in [0.2, 0.25) is 15.8 Å². The Morgan fingerprint density at radius 2 is 1.87 bits per heavy atom. The smallest absolute Gasteiger partial charge is 0.410 e. The van der Waals surface area contributed by atoms with E-state index in [0.29, 0.717) is 51.8 Å². The average Bonchev–Trinajstić information content (AvgIpc) is 3.24. The molecule has 11 heteroatoms. The number of fused-ring (bicyclic) bond motifs is 1. The predicted octanol–water partition coefficient (Wildman–Crippen LogP) is 4.60. The number of carbonyl (C=O) groups excluding carboxylic acids is 1. The fraction of sp³-hybridized carbons (Fsp3) is 0.536. The third-order valence-corrected chi connectivity index (χ3v) is 6.97. The number of nitrogens with zero attached hydrogens (tertiary/aromatic N) is 1. The Bertz CT molecular complexity index is 1230. The second-order valence-corrected chi connectivity index (χ2v) is 12.0. The van der Waals surface area contributed by atoms with E-state index in [-0.39, 0.29) is 12.2 Å². The Hall–Kier alpha value is -2.86. The van der Waals surface area contributed by atoms with Crippen LogP contribution in [0.15, 0.2) is 42.5 Å². The lowest BCUT2D eigenvalue weighted by atomic mass is 10.0. The van der Waals surface area contributed by atoms with Crippen LogP contribution in [0.5, 0.6) is 5.75 Å². The highest BCUT2D eigenvalue weighted by atomic mass is 32.2. The molecule has 2 heterocycles. The van der Waals surface area contributed by atoms with Crippen molar-refractivity contribution in [2.45, 2.75) is 58.2 Å². The van der Waals surface area contributed by atoms with Crippen LogP contribution in [0, 0.1) is 0 Å². The predicted molar refractivity (Wildman–Crippen MR) is 146 cm³/mol. The third-order valence-electron chi connectivity index (χ3n) is 6.36. The largest absolute Gasteiger partial charge is 0.463 e. The first-order chi connectivity index (χ1) is 18.6. The number of unbranched alkanes of at least 4 members (excludes halogenated alkanes) is 2. The van der Waals surface area contributed by atoms with E-state index in [1.807, 2.05) is 38.1 Å². The number of hydrogen-bond donors (Lipinski definition) is 1. The average molecular weight is 563 g/mol. The quantitative estimate of drug-likeness (QED) is 0.333. The highest BCUT2D eigenvalue weighted by molar-refractivity contribution is 7.92. The van der Waals surface area contributed by atoms with Gasteiger partial charge in [-0.3, -0.25) is 4.72 Å². The number of hydrogen-bond acceptors (Lipinski definition) is 8. The van der Waals surface area contributed by atoms with Crippen LogP contribution in [0.1, 0.15) is 55.9 Å². The van der Waals surface area contributed by atoms with Gasteiger partial charge < -0.3 is 28.6 Å². The number of anilines is 1. The fourth-order valence-electron chi connectivity index (χ4n) is 4.45. The zero-order valence-electron chi connectivity index (χ0n) is 22.8. The molecule has 39 heavy (non-hydrogen) atoms. The zero-order chi connectivity index (χ0) is 27.9. The molecule has 0 aliphatic carbocycles. The maximum Gasteiger partial charge on any atom is 0.410 e. The molecule has 10 nitrogen and oxygen atoms in total. The number of rotatable bonds is 14. The molecule has 2 aliphatic heterocycles. The molecule has 1 N–H and O–H groups in total. The molecule has 1 saturated heterocycles. The van der Waals surface area contributed by atoms with Crippen molar-refractivity contribution in [3.8, 4) is 5.75 Å². The van der Waals surface area contributed by atoms with E-state index in [0.717, 1.165) is 48.0 Å². The Kier molecular flexibility index (Phi) is 9.71. The second-order valence-electron chi connectivity index (χ2n) is 10.3. The Labute approximate surface area is 230 Å². The van der Waals surface area contributed by atoms with Gasteiger partial charge in [0.15, 0.2) is 0 Å². The molecule has 0 aromatic heterocycles. The minimum Gasteiger partial charge on any atom is -0.463 e. The van der Waals surface area contributed by atoms with E-state index in [1.54, 1.807) is 23.1 Å². The van der Waals surface area contributed by atoms with Crippen molar-refractivity contribution >= 4 is 21.8 Å². The van der Waals surface area contributed by atoms with Gasteiger partial charge in [0.1, 0.15) is 11.9 Å². The Morgan fingerprint density at radius 1 is 1.05 bits per heavy atom. The fourth-order valence-corrected chi connectivity index (χ4v) is 5.01. The maximum atomic E-state index is 12.4. The van der Waals surface area contributed by atoms with E-state index in [2.05, 4.69) is 4.72 Å². The van der Waals surface area contributed by atoms with Crippen LogP contribution in [0.3, 0.4) is 0 Å². The van der Waals surface area contributed by atoms with Crippen molar-refractivity contribution in [2.24, 2.45) is 0 Å². The molecule has 0 saturated carbocycles. The van der Waals surface area contributed by atoms with Gasteiger partial charge in [-0.05, 0) is 54.7 Å². The highest BCUT2D eigenvalue weighted by Crippen LogP contribution is 2.35. The van der Waals surface area contributed by atoms with Crippen molar-refractivity contribution in [1.29, 1.82) is 0 Å². The lowest BCUT2D eigenvalue weighted by Gasteiger charge is -2.32. The summed E-state index contributed by atoms with van der Waals surface area (Å²) in [6.07, 6.45) is 3.26. The molecule has 2 aromatic carbocycles. The number of nitrogens with one attached hydrogen (secondary N) is 1. The van der Waals surface area contributed by atoms with Crippen molar-refractivity contribution < 1.29 is 36.9 Å². The number of carbonyl (C=O) groups is 1. The maximum absolute atomic E-state index is 12.4. The minimum absolute atomic E-state index is 0.280. The third kappa shape index (κ3) is 9.10. The van der Waals surface area contributed by atoms with Gasteiger partial charge in [-0.15, -0.1) is 0 Å². The summed E-state index contributed by atoms with van der Waals surface area (Å²) in [7, 11) is -3.31. The number of amides is 1. The summed E-state index contributed by atoms with van der Waals surface area (Å²) in [4.78, 5) is 14.1. The van der Waals surface area contributed by atoms with Crippen LogP contribution in [-0.2, 0) is 42.2 Å². The molecule has 0 spiro atoms. The summed E-state index contributed by atoms with van der Waals surface area (Å²) >= 11 is 0. The molecular formula is C28H38N2O8S.